The van der Waals surface area contributed by atoms with Gasteiger partial charge in [0.05, 0.1) is 18.9 Å². The van der Waals surface area contributed by atoms with Crippen molar-refractivity contribution in [2.45, 2.75) is 0 Å². The van der Waals surface area contributed by atoms with Crippen molar-refractivity contribution in [3.8, 4) is 28.3 Å². The molecule has 0 unspecified atom stereocenters. The molecule has 1 aliphatic rings. The van der Waals surface area contributed by atoms with Crippen molar-refractivity contribution in [1.82, 2.24) is 15.0 Å². The van der Waals surface area contributed by atoms with Gasteiger partial charge in [-0.3, -0.25) is 0 Å². The average Bonchev–Trinajstić information content (AvgIpc) is 2.71. The Balaban J connectivity index is 1.79. The molecule has 0 saturated carbocycles. The minimum atomic E-state index is -0.658. The summed E-state index contributed by atoms with van der Waals surface area (Å²) in [7, 11) is 0. The lowest BCUT2D eigenvalue weighted by atomic mass is 10.1. The van der Waals surface area contributed by atoms with Crippen molar-refractivity contribution < 1.29 is 14.2 Å². The molecule has 9 heteroatoms. The molecule has 3 aromatic heterocycles. The van der Waals surface area contributed by atoms with Crippen molar-refractivity contribution in [2.75, 3.05) is 42.7 Å². The van der Waals surface area contributed by atoms with Crippen molar-refractivity contribution in [3.05, 3.63) is 42.3 Å². The topological polar surface area (TPSA) is 123 Å². The molecule has 0 bridgehead atoms. The van der Waals surface area contributed by atoms with Crippen LogP contribution >= 0.6 is 0 Å². The van der Waals surface area contributed by atoms with Gasteiger partial charge in [-0.2, -0.15) is 0 Å². The molecule has 144 valence electrons. The standard InChI is InChI=1S/C19H19FN6O2/c20-17-12(3-4-23-19(17)22)13-1-2-14(27)18(24-13)11-9-15(21)25-16(10-11)26-5-7-28-8-6-26/h1-4,9-10,27H,5-8H2,(H2,21,25)(H2,22,23). The van der Waals surface area contributed by atoms with Crippen molar-refractivity contribution in [1.29, 1.82) is 0 Å². The Morgan fingerprint density at radius 1 is 1.07 bits per heavy atom. The largest absolute Gasteiger partial charge is 0.506 e. The van der Waals surface area contributed by atoms with Crippen LogP contribution in [0, 0.1) is 5.82 Å². The van der Waals surface area contributed by atoms with Crippen molar-refractivity contribution >= 4 is 17.5 Å². The average molecular weight is 382 g/mol. The number of nitrogens with zero attached hydrogens (tertiary/aromatic N) is 4. The van der Waals surface area contributed by atoms with E-state index in [9.17, 15) is 9.50 Å². The Morgan fingerprint density at radius 2 is 1.86 bits per heavy atom. The molecule has 0 spiro atoms. The third-order valence-electron chi connectivity index (χ3n) is 4.51. The van der Waals surface area contributed by atoms with E-state index in [0.717, 1.165) is 0 Å². The maximum Gasteiger partial charge on any atom is 0.174 e. The van der Waals surface area contributed by atoms with Crippen LogP contribution in [0.25, 0.3) is 22.5 Å². The summed E-state index contributed by atoms with van der Waals surface area (Å²) in [5.74, 6) is 0.0467. The number of nitrogens with two attached hydrogens (primary N) is 2. The number of hydrogen-bond acceptors (Lipinski definition) is 8. The zero-order valence-corrected chi connectivity index (χ0v) is 15.0. The number of halogens is 1. The van der Waals surface area contributed by atoms with E-state index >= 15 is 0 Å². The van der Waals surface area contributed by atoms with E-state index in [4.69, 9.17) is 16.2 Å². The lowest BCUT2D eigenvalue weighted by molar-refractivity contribution is 0.122. The van der Waals surface area contributed by atoms with Gasteiger partial charge in [-0.05, 0) is 30.3 Å². The summed E-state index contributed by atoms with van der Waals surface area (Å²) in [6.45, 7) is 2.59. The monoisotopic (exact) mass is 382 g/mol. The maximum atomic E-state index is 14.4. The van der Waals surface area contributed by atoms with Gasteiger partial charge in [-0.15, -0.1) is 0 Å². The SMILES string of the molecule is Nc1cc(-c2nc(-c3ccnc(N)c3F)ccc2O)cc(N2CCOCC2)n1. The summed E-state index contributed by atoms with van der Waals surface area (Å²) in [6, 6.07) is 7.87. The van der Waals surface area contributed by atoms with Crippen molar-refractivity contribution in [2.24, 2.45) is 0 Å². The summed E-state index contributed by atoms with van der Waals surface area (Å²) in [5.41, 5.74) is 12.9. The van der Waals surface area contributed by atoms with Gasteiger partial charge in [0, 0.05) is 30.4 Å². The Kier molecular flexibility index (Phi) is 4.66. The van der Waals surface area contributed by atoms with E-state index in [1.54, 1.807) is 12.1 Å². The molecule has 1 fully saturated rings. The number of aromatic hydroxyl groups is 1. The van der Waals surface area contributed by atoms with Crippen LogP contribution in [-0.2, 0) is 4.74 Å². The molecule has 8 nitrogen and oxygen atoms in total. The summed E-state index contributed by atoms with van der Waals surface area (Å²) >= 11 is 0. The highest BCUT2D eigenvalue weighted by Crippen LogP contribution is 2.34. The molecule has 28 heavy (non-hydrogen) atoms. The van der Waals surface area contributed by atoms with Gasteiger partial charge in [0.1, 0.15) is 23.1 Å². The predicted molar refractivity (Wildman–Crippen MR) is 104 cm³/mol. The number of pyridine rings is 3. The van der Waals surface area contributed by atoms with Gasteiger partial charge in [0.2, 0.25) is 0 Å². The second kappa shape index (κ2) is 7.28. The zero-order valence-electron chi connectivity index (χ0n) is 15.0. The summed E-state index contributed by atoms with van der Waals surface area (Å²) in [5, 5.41) is 10.4. The second-order valence-electron chi connectivity index (χ2n) is 6.36. The van der Waals surface area contributed by atoms with Gasteiger partial charge in [-0.1, -0.05) is 0 Å². The molecule has 5 N–H and O–H groups in total. The van der Waals surface area contributed by atoms with Crippen LogP contribution in [0.4, 0.5) is 21.8 Å². The van der Waals surface area contributed by atoms with Crippen LogP contribution in [-0.4, -0.2) is 46.4 Å². The number of nitrogen functional groups attached to an aromatic ring is 2. The highest BCUT2D eigenvalue weighted by molar-refractivity contribution is 5.75. The maximum absolute atomic E-state index is 14.4. The lowest BCUT2D eigenvalue weighted by Gasteiger charge is -2.28. The molecule has 1 saturated heterocycles. The third-order valence-corrected chi connectivity index (χ3v) is 4.51. The quantitative estimate of drug-likeness (QED) is 0.629. The first kappa shape index (κ1) is 17.9. The molecular weight excluding hydrogens is 363 g/mol. The fourth-order valence-corrected chi connectivity index (χ4v) is 3.10. The summed E-state index contributed by atoms with van der Waals surface area (Å²) < 4.78 is 19.7. The lowest BCUT2D eigenvalue weighted by Crippen LogP contribution is -2.36. The van der Waals surface area contributed by atoms with Crippen LogP contribution in [0.5, 0.6) is 5.75 Å². The number of aromatic nitrogens is 3. The first-order valence-corrected chi connectivity index (χ1v) is 8.74. The summed E-state index contributed by atoms with van der Waals surface area (Å²) in [4.78, 5) is 14.6. The minimum Gasteiger partial charge on any atom is -0.506 e. The van der Waals surface area contributed by atoms with Crippen LogP contribution in [0.3, 0.4) is 0 Å². The van der Waals surface area contributed by atoms with Gasteiger partial charge >= 0.3 is 0 Å². The van der Waals surface area contributed by atoms with Gasteiger partial charge in [0.25, 0.3) is 0 Å². The van der Waals surface area contributed by atoms with E-state index in [2.05, 4.69) is 15.0 Å². The molecular formula is C19H19FN6O2. The molecule has 0 atom stereocenters. The number of ether oxygens (including phenoxy) is 1. The van der Waals surface area contributed by atoms with Gasteiger partial charge in [-0.25, -0.2) is 19.3 Å². The fourth-order valence-electron chi connectivity index (χ4n) is 3.10. The molecule has 0 radical (unpaired) electrons. The van der Waals surface area contributed by atoms with Crippen LogP contribution in [0.15, 0.2) is 36.5 Å². The Bertz CT molecular complexity index is 1020. The van der Waals surface area contributed by atoms with Crippen molar-refractivity contribution in [3.63, 3.8) is 0 Å². The molecule has 4 rings (SSSR count). The van der Waals surface area contributed by atoms with Crippen LogP contribution in [0.1, 0.15) is 0 Å². The number of rotatable bonds is 3. The normalized spacial score (nSPS) is 14.2. The predicted octanol–water partition coefficient (Wildman–Crippen LogP) is 2.05. The number of hydrogen-bond donors (Lipinski definition) is 3. The first-order chi connectivity index (χ1) is 13.5. The van der Waals surface area contributed by atoms with E-state index < -0.39 is 5.82 Å². The Labute approximate surface area is 160 Å². The van der Waals surface area contributed by atoms with Gasteiger partial charge < -0.3 is 26.2 Å². The Morgan fingerprint density at radius 3 is 2.64 bits per heavy atom. The fraction of sp³-hybridized carbons (Fsp3) is 0.211. The van der Waals surface area contributed by atoms with E-state index in [1.807, 2.05) is 4.90 Å². The minimum absolute atomic E-state index is 0.0512. The molecule has 4 heterocycles. The first-order valence-electron chi connectivity index (χ1n) is 8.74. The Hall–Kier alpha value is -3.46. The highest BCUT2D eigenvalue weighted by atomic mass is 19.1. The number of anilines is 3. The highest BCUT2D eigenvalue weighted by Gasteiger charge is 2.18. The molecule has 1 aliphatic heterocycles. The van der Waals surface area contributed by atoms with Gasteiger partial charge in [0.15, 0.2) is 11.6 Å². The number of morpholine rings is 1. The van der Waals surface area contributed by atoms with E-state index in [0.29, 0.717) is 49.2 Å². The zero-order chi connectivity index (χ0) is 19.7. The molecule has 3 aromatic rings. The second-order valence-corrected chi connectivity index (χ2v) is 6.36. The molecule has 0 amide bonds. The van der Waals surface area contributed by atoms with Crippen LogP contribution in [0.2, 0.25) is 0 Å². The van der Waals surface area contributed by atoms with Crippen LogP contribution < -0.4 is 16.4 Å². The molecule has 0 aliphatic carbocycles. The smallest absolute Gasteiger partial charge is 0.174 e. The summed E-state index contributed by atoms with van der Waals surface area (Å²) in [6.07, 6.45) is 1.41. The molecule has 0 aromatic carbocycles. The van der Waals surface area contributed by atoms with E-state index in [-0.39, 0.29) is 22.8 Å². The third kappa shape index (κ3) is 3.39. The van der Waals surface area contributed by atoms with E-state index in [1.165, 1.54) is 24.4 Å².